The molecule has 0 spiro atoms. The second-order valence-electron chi connectivity index (χ2n) is 6.20. The summed E-state index contributed by atoms with van der Waals surface area (Å²) < 4.78 is 6.15. The molecule has 3 rings (SSSR count). The number of non-ortho nitro benzene ring substituents is 1. The molecule has 0 bridgehead atoms. The monoisotopic (exact) mass is 414 g/mol. The number of thiocarbonyl (C=S) groups is 1. The van der Waals surface area contributed by atoms with E-state index >= 15 is 0 Å². The number of hydrogen-bond donors (Lipinski definition) is 0. The van der Waals surface area contributed by atoms with Crippen molar-refractivity contribution in [1.82, 2.24) is 0 Å². The smallest absolute Gasteiger partial charge is 0.270 e. The van der Waals surface area contributed by atoms with Crippen molar-refractivity contribution >= 4 is 51.7 Å². The van der Waals surface area contributed by atoms with Crippen LogP contribution in [0.5, 0.6) is 5.75 Å². The van der Waals surface area contributed by atoms with Crippen LogP contribution in [0.15, 0.2) is 53.4 Å². The van der Waals surface area contributed by atoms with E-state index in [-0.39, 0.29) is 17.7 Å². The van der Waals surface area contributed by atoms with Crippen LogP contribution in [-0.4, -0.2) is 21.3 Å². The number of nitro groups is 1. The molecule has 0 aliphatic carbocycles. The Morgan fingerprint density at radius 3 is 2.43 bits per heavy atom. The number of nitro benzene ring substituents is 1. The Kier molecular flexibility index (Phi) is 6.11. The maximum atomic E-state index is 12.8. The first kappa shape index (κ1) is 20.0. The van der Waals surface area contributed by atoms with Crippen LogP contribution in [0.3, 0.4) is 0 Å². The van der Waals surface area contributed by atoms with Gasteiger partial charge in [-0.2, -0.15) is 0 Å². The summed E-state index contributed by atoms with van der Waals surface area (Å²) in [7, 11) is 0. The summed E-state index contributed by atoms with van der Waals surface area (Å²) in [5.74, 6) is 0.536. The molecule has 144 valence electrons. The van der Waals surface area contributed by atoms with Crippen LogP contribution in [-0.2, 0) is 4.79 Å². The van der Waals surface area contributed by atoms with Gasteiger partial charge in [-0.1, -0.05) is 43.0 Å². The lowest BCUT2D eigenvalue weighted by Gasteiger charge is -2.14. The highest BCUT2D eigenvalue weighted by molar-refractivity contribution is 8.27. The maximum Gasteiger partial charge on any atom is 0.270 e. The first-order valence-corrected chi connectivity index (χ1v) is 9.90. The van der Waals surface area contributed by atoms with Crippen molar-refractivity contribution in [1.29, 1.82) is 0 Å². The van der Waals surface area contributed by atoms with E-state index in [1.807, 2.05) is 31.2 Å². The second-order valence-corrected chi connectivity index (χ2v) is 7.87. The number of rotatable bonds is 6. The fourth-order valence-electron chi connectivity index (χ4n) is 2.52. The summed E-state index contributed by atoms with van der Waals surface area (Å²) in [5, 5.41) is 10.8. The van der Waals surface area contributed by atoms with Crippen LogP contribution in [0.2, 0.25) is 0 Å². The quantitative estimate of drug-likeness (QED) is 0.281. The lowest BCUT2D eigenvalue weighted by molar-refractivity contribution is -0.384. The number of benzene rings is 2. The third-order valence-corrected chi connectivity index (χ3v) is 5.50. The molecule has 0 saturated carbocycles. The van der Waals surface area contributed by atoms with Crippen LogP contribution in [0, 0.1) is 10.1 Å². The van der Waals surface area contributed by atoms with Crippen molar-refractivity contribution in [2.45, 2.75) is 26.4 Å². The van der Waals surface area contributed by atoms with Gasteiger partial charge in [0, 0.05) is 12.1 Å². The van der Waals surface area contributed by atoms with Crippen molar-refractivity contribution in [2.24, 2.45) is 0 Å². The Balaban J connectivity index is 1.78. The minimum atomic E-state index is -0.484. The fourth-order valence-corrected chi connectivity index (χ4v) is 3.82. The van der Waals surface area contributed by atoms with Crippen LogP contribution in [0.25, 0.3) is 6.08 Å². The SMILES string of the molecule is CC[C@H](C)Oc1ccc(/C=C2/SC(=S)N(c3ccc([N+](=O)[O-])cc3)C2=O)cc1. The molecule has 1 aliphatic heterocycles. The Bertz CT molecular complexity index is 940. The number of thioether (sulfide) groups is 1. The molecule has 2 aromatic rings. The summed E-state index contributed by atoms with van der Waals surface area (Å²) in [6.07, 6.45) is 2.84. The van der Waals surface area contributed by atoms with E-state index in [1.54, 1.807) is 6.08 Å². The molecule has 1 fully saturated rings. The molecule has 0 aromatic heterocycles. The summed E-state index contributed by atoms with van der Waals surface area (Å²) >= 11 is 6.54. The fraction of sp³-hybridized carbons (Fsp3) is 0.200. The van der Waals surface area contributed by atoms with Gasteiger partial charge in [0.15, 0.2) is 4.32 Å². The van der Waals surface area contributed by atoms with Crippen LogP contribution >= 0.6 is 24.0 Å². The first-order chi connectivity index (χ1) is 13.4. The molecule has 0 unspecified atom stereocenters. The minimum Gasteiger partial charge on any atom is -0.491 e. The minimum absolute atomic E-state index is 0.0376. The maximum absolute atomic E-state index is 12.8. The average molecular weight is 415 g/mol. The van der Waals surface area contributed by atoms with Gasteiger partial charge < -0.3 is 4.74 Å². The standard InChI is InChI=1S/C20H18N2O4S2/c1-3-13(2)26-17-10-4-14(5-11-17)12-18-19(23)21(20(27)28-18)15-6-8-16(9-7-15)22(24)25/h4-13H,3H2,1-2H3/b18-12+/t13-/m0/s1. The molecule has 2 aromatic carbocycles. The predicted octanol–water partition coefficient (Wildman–Crippen LogP) is 5.18. The molecule has 6 nitrogen and oxygen atoms in total. The molecular formula is C20H18N2O4S2. The Morgan fingerprint density at radius 2 is 1.86 bits per heavy atom. The molecule has 8 heteroatoms. The normalized spacial score (nSPS) is 16.5. The highest BCUT2D eigenvalue weighted by Crippen LogP contribution is 2.36. The molecule has 1 amide bonds. The van der Waals surface area contributed by atoms with E-state index in [1.165, 1.54) is 40.9 Å². The zero-order valence-corrected chi connectivity index (χ0v) is 17.0. The van der Waals surface area contributed by atoms with Gasteiger partial charge in [0.25, 0.3) is 11.6 Å². The van der Waals surface area contributed by atoms with Crippen molar-refractivity contribution in [2.75, 3.05) is 4.90 Å². The van der Waals surface area contributed by atoms with Crippen LogP contribution < -0.4 is 9.64 Å². The first-order valence-electron chi connectivity index (χ1n) is 8.68. The molecule has 0 radical (unpaired) electrons. The van der Waals surface area contributed by atoms with E-state index in [0.29, 0.717) is 14.9 Å². The Labute approximate surface area is 172 Å². The number of carbonyl (C=O) groups is 1. The van der Waals surface area contributed by atoms with Gasteiger partial charge in [-0.25, -0.2) is 0 Å². The zero-order chi connectivity index (χ0) is 20.3. The molecule has 1 atom stereocenters. The molecule has 0 N–H and O–H groups in total. The predicted molar refractivity (Wildman–Crippen MR) is 116 cm³/mol. The number of anilines is 1. The molecular weight excluding hydrogens is 396 g/mol. The summed E-state index contributed by atoms with van der Waals surface area (Å²) in [6, 6.07) is 13.3. The van der Waals surface area contributed by atoms with Gasteiger partial charge >= 0.3 is 0 Å². The topological polar surface area (TPSA) is 72.7 Å². The van der Waals surface area contributed by atoms with Crippen molar-refractivity contribution in [3.05, 3.63) is 69.1 Å². The largest absolute Gasteiger partial charge is 0.491 e. The number of nitrogens with zero attached hydrogens (tertiary/aromatic N) is 2. The Hall–Kier alpha value is -2.71. The summed E-state index contributed by atoms with van der Waals surface area (Å²) in [5.41, 5.74) is 1.33. The average Bonchev–Trinajstić information content (AvgIpc) is 2.96. The third kappa shape index (κ3) is 4.40. The number of ether oxygens (including phenoxy) is 1. The van der Waals surface area contributed by atoms with E-state index < -0.39 is 4.92 Å². The van der Waals surface area contributed by atoms with Crippen LogP contribution in [0.4, 0.5) is 11.4 Å². The Morgan fingerprint density at radius 1 is 1.21 bits per heavy atom. The van der Waals surface area contributed by atoms with Gasteiger partial charge in [-0.05, 0) is 49.2 Å². The lowest BCUT2D eigenvalue weighted by Crippen LogP contribution is -2.27. The van der Waals surface area contributed by atoms with Gasteiger partial charge in [-0.3, -0.25) is 19.8 Å². The molecule has 1 aliphatic rings. The van der Waals surface area contributed by atoms with Crippen LogP contribution in [0.1, 0.15) is 25.8 Å². The number of carbonyl (C=O) groups excluding carboxylic acids is 1. The second kappa shape index (κ2) is 8.53. The zero-order valence-electron chi connectivity index (χ0n) is 15.3. The van der Waals surface area contributed by atoms with E-state index in [9.17, 15) is 14.9 Å². The van der Waals surface area contributed by atoms with Gasteiger partial charge in [0.2, 0.25) is 0 Å². The molecule has 1 saturated heterocycles. The van der Waals surface area contributed by atoms with Crippen molar-refractivity contribution in [3.8, 4) is 5.75 Å². The lowest BCUT2D eigenvalue weighted by atomic mass is 10.2. The number of hydrogen-bond acceptors (Lipinski definition) is 6. The van der Waals surface area contributed by atoms with Gasteiger partial charge in [0.1, 0.15) is 5.75 Å². The number of amides is 1. The van der Waals surface area contributed by atoms with Gasteiger partial charge in [0.05, 0.1) is 21.6 Å². The summed E-state index contributed by atoms with van der Waals surface area (Å²) in [4.78, 5) is 25.0. The van der Waals surface area contributed by atoms with Crippen molar-refractivity contribution in [3.63, 3.8) is 0 Å². The summed E-state index contributed by atoms with van der Waals surface area (Å²) in [6.45, 7) is 4.07. The highest BCUT2D eigenvalue weighted by atomic mass is 32.2. The third-order valence-electron chi connectivity index (χ3n) is 4.20. The van der Waals surface area contributed by atoms with E-state index in [2.05, 4.69) is 6.92 Å². The molecule has 28 heavy (non-hydrogen) atoms. The van der Waals surface area contributed by atoms with Crippen molar-refractivity contribution < 1.29 is 14.5 Å². The van der Waals surface area contributed by atoms with Gasteiger partial charge in [-0.15, -0.1) is 0 Å². The van der Waals surface area contributed by atoms with E-state index in [4.69, 9.17) is 17.0 Å². The highest BCUT2D eigenvalue weighted by Gasteiger charge is 2.33. The molecule has 1 heterocycles. The van der Waals surface area contributed by atoms with E-state index in [0.717, 1.165) is 17.7 Å².